The fourth-order valence-electron chi connectivity index (χ4n) is 2.58. The fourth-order valence-corrected chi connectivity index (χ4v) is 3.75. The normalized spacial score (nSPS) is 14.7. The second-order valence-electron chi connectivity index (χ2n) is 5.41. The molecule has 0 saturated heterocycles. The number of hydrogen-bond donors (Lipinski definition) is 1. The second-order valence-corrected chi connectivity index (χ2v) is 6.55. The molecule has 1 aromatic rings. The third-order valence-corrected chi connectivity index (χ3v) is 5.03. The van der Waals surface area contributed by atoms with Crippen LogP contribution in [0, 0.1) is 0 Å². The summed E-state index contributed by atoms with van der Waals surface area (Å²) in [6.45, 7) is 0.510. The van der Waals surface area contributed by atoms with Crippen LogP contribution >= 0.6 is 11.3 Å². The van der Waals surface area contributed by atoms with E-state index >= 15 is 0 Å². The highest BCUT2D eigenvalue weighted by molar-refractivity contribution is 7.14. The molecule has 0 atom stereocenters. The highest BCUT2D eigenvalue weighted by Crippen LogP contribution is 2.28. The van der Waals surface area contributed by atoms with E-state index in [2.05, 4.69) is 16.1 Å². The van der Waals surface area contributed by atoms with Gasteiger partial charge < -0.3 is 10.1 Å². The molecule has 1 heterocycles. The van der Waals surface area contributed by atoms with Gasteiger partial charge in [-0.05, 0) is 43.7 Å². The average Bonchev–Trinajstić information content (AvgIpc) is 2.85. The molecule has 0 saturated carbocycles. The van der Waals surface area contributed by atoms with Gasteiger partial charge >= 0.3 is 5.97 Å². The number of ether oxygens (including phenoxy) is 1. The summed E-state index contributed by atoms with van der Waals surface area (Å²) in [6.07, 6.45) is 8.21. The Labute approximate surface area is 129 Å². The van der Waals surface area contributed by atoms with E-state index < -0.39 is 0 Å². The lowest BCUT2D eigenvalue weighted by Gasteiger charge is -2.07. The van der Waals surface area contributed by atoms with Crippen LogP contribution in [0.15, 0.2) is 6.07 Å². The van der Waals surface area contributed by atoms with Gasteiger partial charge in [0.25, 0.3) is 5.91 Å². The van der Waals surface area contributed by atoms with E-state index in [-0.39, 0.29) is 11.9 Å². The average molecular weight is 309 g/mol. The molecule has 0 aliphatic heterocycles. The van der Waals surface area contributed by atoms with Crippen molar-refractivity contribution >= 4 is 23.2 Å². The third-order valence-electron chi connectivity index (χ3n) is 3.79. The quantitative estimate of drug-likeness (QED) is 0.672. The van der Waals surface area contributed by atoms with Crippen molar-refractivity contribution in [1.82, 2.24) is 5.32 Å². The molecule has 1 aliphatic carbocycles. The molecule has 5 heteroatoms. The van der Waals surface area contributed by atoms with Gasteiger partial charge in [0.05, 0.1) is 12.0 Å². The minimum atomic E-state index is -0.233. The molecule has 21 heavy (non-hydrogen) atoms. The van der Waals surface area contributed by atoms with Crippen molar-refractivity contribution in [2.75, 3.05) is 13.7 Å². The standard InChI is InChI=1S/C16H23NO3S/c1-20-15(18)9-6-10-17-16(19)14-11-12-7-4-2-3-5-8-13(12)21-14/h11H,2-10H2,1H3,(H,17,19). The van der Waals surface area contributed by atoms with E-state index in [1.54, 1.807) is 11.3 Å². The van der Waals surface area contributed by atoms with Crippen LogP contribution in [0.3, 0.4) is 0 Å². The Kier molecular flexibility index (Phi) is 6.23. The van der Waals surface area contributed by atoms with Gasteiger partial charge in [0.1, 0.15) is 0 Å². The van der Waals surface area contributed by atoms with Gasteiger partial charge in [-0.1, -0.05) is 12.8 Å². The number of esters is 1. The molecule has 4 nitrogen and oxygen atoms in total. The van der Waals surface area contributed by atoms with Gasteiger partial charge in [0, 0.05) is 17.8 Å². The molecular formula is C16H23NO3S. The molecule has 1 N–H and O–H groups in total. The Morgan fingerprint density at radius 1 is 1.24 bits per heavy atom. The SMILES string of the molecule is COC(=O)CCCNC(=O)c1cc2c(s1)CCCCCC2. The van der Waals surface area contributed by atoms with Crippen molar-refractivity contribution in [1.29, 1.82) is 0 Å². The zero-order chi connectivity index (χ0) is 15.1. The van der Waals surface area contributed by atoms with E-state index in [4.69, 9.17) is 0 Å². The summed E-state index contributed by atoms with van der Waals surface area (Å²) in [5.74, 6) is -0.250. The highest BCUT2D eigenvalue weighted by Gasteiger charge is 2.15. The van der Waals surface area contributed by atoms with Crippen LogP contribution in [-0.2, 0) is 22.4 Å². The summed E-state index contributed by atoms with van der Waals surface area (Å²) < 4.78 is 4.57. The molecule has 0 fully saturated rings. The molecule has 0 spiro atoms. The summed E-state index contributed by atoms with van der Waals surface area (Å²) in [5, 5.41) is 2.88. The molecular weight excluding hydrogens is 286 g/mol. The number of hydrogen-bond acceptors (Lipinski definition) is 4. The molecule has 0 radical (unpaired) electrons. The van der Waals surface area contributed by atoms with Gasteiger partial charge in [-0.25, -0.2) is 0 Å². The summed E-state index contributed by atoms with van der Waals surface area (Å²) >= 11 is 1.63. The first-order valence-corrected chi connectivity index (χ1v) is 8.49. The number of nitrogens with one attached hydrogen (secondary N) is 1. The van der Waals surface area contributed by atoms with Crippen molar-refractivity contribution in [2.45, 2.75) is 51.4 Å². The van der Waals surface area contributed by atoms with Crippen molar-refractivity contribution in [3.63, 3.8) is 0 Å². The third kappa shape index (κ3) is 4.84. The van der Waals surface area contributed by atoms with E-state index in [0.717, 1.165) is 17.7 Å². The van der Waals surface area contributed by atoms with Crippen LogP contribution in [0.1, 0.15) is 58.6 Å². The Morgan fingerprint density at radius 2 is 2.00 bits per heavy atom. The maximum atomic E-state index is 12.1. The summed E-state index contributed by atoms with van der Waals surface area (Å²) in [5.41, 5.74) is 1.36. The maximum absolute atomic E-state index is 12.1. The minimum absolute atomic E-state index is 0.0170. The second kappa shape index (κ2) is 8.17. The van der Waals surface area contributed by atoms with E-state index in [9.17, 15) is 9.59 Å². The Bertz CT molecular complexity index is 470. The van der Waals surface area contributed by atoms with Crippen LogP contribution in [-0.4, -0.2) is 25.5 Å². The molecule has 116 valence electrons. The molecule has 1 aliphatic rings. The van der Waals surface area contributed by atoms with Crippen LogP contribution in [0.25, 0.3) is 0 Å². The van der Waals surface area contributed by atoms with Crippen LogP contribution in [0.2, 0.25) is 0 Å². The maximum Gasteiger partial charge on any atom is 0.305 e. The zero-order valence-electron chi connectivity index (χ0n) is 12.6. The first kappa shape index (κ1) is 16.0. The van der Waals surface area contributed by atoms with Crippen molar-refractivity contribution in [3.8, 4) is 0 Å². The monoisotopic (exact) mass is 309 g/mol. The molecule has 2 rings (SSSR count). The van der Waals surface area contributed by atoms with Crippen molar-refractivity contribution in [3.05, 3.63) is 21.4 Å². The number of methoxy groups -OCH3 is 1. The van der Waals surface area contributed by atoms with E-state index in [1.165, 1.54) is 43.2 Å². The van der Waals surface area contributed by atoms with Gasteiger partial charge in [0.15, 0.2) is 0 Å². The lowest BCUT2D eigenvalue weighted by Crippen LogP contribution is -2.24. The Morgan fingerprint density at radius 3 is 2.76 bits per heavy atom. The Balaban J connectivity index is 1.85. The predicted molar refractivity (Wildman–Crippen MR) is 83.8 cm³/mol. The highest BCUT2D eigenvalue weighted by atomic mass is 32.1. The van der Waals surface area contributed by atoms with Crippen LogP contribution in [0.5, 0.6) is 0 Å². The summed E-state index contributed by atoms with van der Waals surface area (Å²) in [7, 11) is 1.38. The smallest absolute Gasteiger partial charge is 0.305 e. The van der Waals surface area contributed by atoms with Gasteiger partial charge in [0.2, 0.25) is 0 Å². The minimum Gasteiger partial charge on any atom is -0.469 e. The van der Waals surface area contributed by atoms with E-state index in [1.807, 2.05) is 0 Å². The predicted octanol–water partition coefficient (Wildman–Crippen LogP) is 3.09. The fraction of sp³-hybridized carbons (Fsp3) is 0.625. The molecule has 0 bridgehead atoms. The number of carbonyl (C=O) groups excluding carboxylic acids is 2. The molecule has 0 aromatic carbocycles. The topological polar surface area (TPSA) is 55.4 Å². The van der Waals surface area contributed by atoms with Gasteiger partial charge in [-0.3, -0.25) is 9.59 Å². The lowest BCUT2D eigenvalue weighted by molar-refractivity contribution is -0.140. The van der Waals surface area contributed by atoms with E-state index in [0.29, 0.717) is 19.4 Å². The van der Waals surface area contributed by atoms with Gasteiger partial charge in [-0.2, -0.15) is 0 Å². The number of rotatable bonds is 5. The van der Waals surface area contributed by atoms with Crippen molar-refractivity contribution < 1.29 is 14.3 Å². The zero-order valence-corrected chi connectivity index (χ0v) is 13.4. The number of fused-ring (bicyclic) bond motifs is 1. The molecule has 1 aromatic heterocycles. The first-order chi connectivity index (χ1) is 10.2. The number of amides is 1. The van der Waals surface area contributed by atoms with Gasteiger partial charge in [-0.15, -0.1) is 11.3 Å². The molecule has 0 unspecified atom stereocenters. The number of aryl methyl sites for hydroxylation is 2. The van der Waals surface area contributed by atoms with Crippen molar-refractivity contribution in [2.24, 2.45) is 0 Å². The summed E-state index contributed by atoms with van der Waals surface area (Å²) in [6, 6.07) is 2.06. The van der Waals surface area contributed by atoms with Crippen LogP contribution in [0.4, 0.5) is 0 Å². The van der Waals surface area contributed by atoms with Crippen LogP contribution < -0.4 is 5.32 Å². The Hall–Kier alpha value is -1.36. The largest absolute Gasteiger partial charge is 0.469 e. The lowest BCUT2D eigenvalue weighted by atomic mass is 10.00. The number of carbonyl (C=O) groups is 2. The molecule has 1 amide bonds. The number of thiophene rings is 1. The summed E-state index contributed by atoms with van der Waals surface area (Å²) in [4.78, 5) is 25.3. The first-order valence-electron chi connectivity index (χ1n) is 7.67.